The Morgan fingerprint density at radius 3 is 2.50 bits per heavy atom. The van der Waals surface area contributed by atoms with Crippen molar-refractivity contribution in [3.63, 3.8) is 0 Å². The molecule has 0 spiro atoms. The van der Waals surface area contributed by atoms with Crippen LogP contribution in [0.1, 0.15) is 16.7 Å². The lowest BCUT2D eigenvalue weighted by Crippen LogP contribution is -2.07. The lowest BCUT2D eigenvalue weighted by molar-refractivity contribution is 0.959. The molecule has 0 saturated heterocycles. The molecule has 0 atom stereocenters. The summed E-state index contributed by atoms with van der Waals surface area (Å²) in [6.07, 6.45) is 3.67. The molecule has 100 valence electrons. The number of rotatable bonds is 3. The monoisotopic (exact) mass is 264 g/mol. The second-order valence-electron chi connectivity index (χ2n) is 5.11. The van der Waals surface area contributed by atoms with Gasteiger partial charge in [0.05, 0.1) is 11.6 Å². The van der Waals surface area contributed by atoms with Crippen molar-refractivity contribution < 1.29 is 0 Å². The van der Waals surface area contributed by atoms with E-state index in [1.807, 2.05) is 18.2 Å². The van der Waals surface area contributed by atoms with E-state index in [4.69, 9.17) is 0 Å². The van der Waals surface area contributed by atoms with Crippen molar-refractivity contribution in [3.05, 3.63) is 75.7 Å². The molecule has 0 bridgehead atoms. The third kappa shape index (κ3) is 2.62. The van der Waals surface area contributed by atoms with E-state index < -0.39 is 0 Å². The summed E-state index contributed by atoms with van der Waals surface area (Å²) in [7, 11) is 0. The number of nitrogens with one attached hydrogen (secondary N) is 1. The van der Waals surface area contributed by atoms with Crippen LogP contribution in [0.15, 0.2) is 53.5 Å². The molecule has 0 amide bonds. The van der Waals surface area contributed by atoms with Crippen LogP contribution in [0.2, 0.25) is 0 Å². The maximum atomic E-state index is 11.6. The third-order valence-corrected chi connectivity index (χ3v) is 3.55. The number of fused-ring (bicyclic) bond motifs is 1. The number of hydrogen-bond donors (Lipinski definition) is 1. The van der Waals surface area contributed by atoms with E-state index in [1.54, 1.807) is 6.20 Å². The van der Waals surface area contributed by atoms with Gasteiger partial charge in [0.2, 0.25) is 0 Å². The molecule has 0 saturated carbocycles. The van der Waals surface area contributed by atoms with Crippen molar-refractivity contribution in [3.8, 4) is 0 Å². The number of aromatic nitrogens is 2. The Balaban J connectivity index is 1.81. The van der Waals surface area contributed by atoms with Crippen molar-refractivity contribution in [2.24, 2.45) is 0 Å². The molecule has 2 aromatic carbocycles. The SMILES string of the molecule is Cc1ccc(CCc2ccc3c(=O)[nH]ncc3c2)cc1. The van der Waals surface area contributed by atoms with Crippen molar-refractivity contribution in [2.75, 3.05) is 0 Å². The highest BCUT2D eigenvalue weighted by Gasteiger charge is 2.01. The van der Waals surface area contributed by atoms with Gasteiger partial charge in [0, 0.05) is 5.39 Å². The summed E-state index contributed by atoms with van der Waals surface area (Å²) in [5.74, 6) is 0. The first-order valence-electron chi connectivity index (χ1n) is 6.74. The Morgan fingerprint density at radius 1 is 1.00 bits per heavy atom. The fraction of sp³-hybridized carbons (Fsp3) is 0.176. The van der Waals surface area contributed by atoms with E-state index in [0.717, 1.165) is 18.2 Å². The summed E-state index contributed by atoms with van der Waals surface area (Å²) >= 11 is 0. The quantitative estimate of drug-likeness (QED) is 0.790. The largest absolute Gasteiger partial charge is 0.272 e. The highest BCUT2D eigenvalue weighted by molar-refractivity contribution is 5.81. The Kier molecular flexibility index (Phi) is 3.33. The van der Waals surface area contributed by atoms with E-state index in [-0.39, 0.29) is 5.56 Å². The lowest BCUT2D eigenvalue weighted by atomic mass is 10.0. The molecule has 0 unspecified atom stereocenters. The van der Waals surface area contributed by atoms with Gasteiger partial charge in [0.25, 0.3) is 5.56 Å². The summed E-state index contributed by atoms with van der Waals surface area (Å²) < 4.78 is 0. The summed E-state index contributed by atoms with van der Waals surface area (Å²) in [5, 5.41) is 7.89. The van der Waals surface area contributed by atoms with E-state index >= 15 is 0 Å². The maximum absolute atomic E-state index is 11.6. The summed E-state index contributed by atoms with van der Waals surface area (Å²) in [4.78, 5) is 11.6. The van der Waals surface area contributed by atoms with Crippen molar-refractivity contribution in [1.29, 1.82) is 0 Å². The molecular weight excluding hydrogens is 248 g/mol. The van der Waals surface area contributed by atoms with Crippen LogP contribution in [0.3, 0.4) is 0 Å². The average molecular weight is 264 g/mol. The molecule has 0 aliphatic carbocycles. The van der Waals surface area contributed by atoms with E-state index in [1.165, 1.54) is 16.7 Å². The Bertz CT molecular complexity index is 788. The Hall–Kier alpha value is -2.42. The van der Waals surface area contributed by atoms with Gasteiger partial charge in [-0.1, -0.05) is 35.9 Å². The first-order valence-corrected chi connectivity index (χ1v) is 6.74. The smallest absolute Gasteiger partial charge is 0.267 e. The summed E-state index contributed by atoms with van der Waals surface area (Å²) in [6, 6.07) is 14.6. The summed E-state index contributed by atoms with van der Waals surface area (Å²) in [6.45, 7) is 2.09. The van der Waals surface area contributed by atoms with E-state index in [2.05, 4.69) is 41.4 Å². The van der Waals surface area contributed by atoms with Gasteiger partial charge >= 0.3 is 0 Å². The van der Waals surface area contributed by atoms with Crippen LogP contribution in [0.4, 0.5) is 0 Å². The van der Waals surface area contributed by atoms with Gasteiger partial charge in [-0.15, -0.1) is 0 Å². The highest BCUT2D eigenvalue weighted by atomic mass is 16.1. The fourth-order valence-corrected chi connectivity index (χ4v) is 2.35. The van der Waals surface area contributed by atoms with Crippen LogP contribution in [-0.4, -0.2) is 10.2 Å². The topological polar surface area (TPSA) is 45.8 Å². The molecule has 1 N–H and O–H groups in total. The van der Waals surface area contributed by atoms with Crippen molar-refractivity contribution in [1.82, 2.24) is 10.2 Å². The van der Waals surface area contributed by atoms with Crippen LogP contribution < -0.4 is 5.56 Å². The number of aromatic amines is 1. The molecule has 3 nitrogen and oxygen atoms in total. The molecule has 1 heterocycles. The molecule has 20 heavy (non-hydrogen) atoms. The molecular formula is C17H16N2O. The normalized spacial score (nSPS) is 10.8. The average Bonchev–Trinajstić information content (AvgIpc) is 2.47. The van der Waals surface area contributed by atoms with Crippen LogP contribution in [-0.2, 0) is 12.8 Å². The van der Waals surface area contributed by atoms with Gasteiger partial charge in [-0.3, -0.25) is 4.79 Å². The zero-order chi connectivity index (χ0) is 13.9. The second-order valence-corrected chi connectivity index (χ2v) is 5.11. The van der Waals surface area contributed by atoms with Crippen molar-refractivity contribution >= 4 is 10.8 Å². The predicted molar refractivity (Wildman–Crippen MR) is 81.0 cm³/mol. The number of nitrogens with zero attached hydrogens (tertiary/aromatic N) is 1. The zero-order valence-electron chi connectivity index (χ0n) is 11.4. The number of benzene rings is 2. The minimum absolute atomic E-state index is 0.132. The summed E-state index contributed by atoms with van der Waals surface area (Å²) in [5.41, 5.74) is 3.71. The van der Waals surface area contributed by atoms with Crippen LogP contribution in [0.5, 0.6) is 0 Å². The lowest BCUT2D eigenvalue weighted by Gasteiger charge is -2.04. The van der Waals surface area contributed by atoms with Crippen LogP contribution in [0, 0.1) is 6.92 Å². The molecule has 0 aliphatic heterocycles. The standard InChI is InChI=1S/C17H16N2O/c1-12-2-4-13(5-3-12)6-7-14-8-9-16-15(10-14)11-18-19-17(16)20/h2-5,8-11H,6-7H2,1H3,(H,19,20). The molecule has 0 radical (unpaired) electrons. The van der Waals surface area contributed by atoms with Gasteiger partial charge in [-0.25, -0.2) is 5.10 Å². The maximum Gasteiger partial charge on any atom is 0.272 e. The molecule has 3 aromatic rings. The van der Waals surface area contributed by atoms with Gasteiger partial charge in [-0.05, 0) is 43.0 Å². The van der Waals surface area contributed by atoms with Crippen LogP contribution in [0.25, 0.3) is 10.8 Å². The highest BCUT2D eigenvalue weighted by Crippen LogP contribution is 2.14. The Morgan fingerprint density at radius 2 is 1.70 bits per heavy atom. The second kappa shape index (κ2) is 5.29. The van der Waals surface area contributed by atoms with Gasteiger partial charge in [-0.2, -0.15) is 5.10 Å². The van der Waals surface area contributed by atoms with Gasteiger partial charge in [0.1, 0.15) is 0 Å². The molecule has 3 rings (SSSR count). The van der Waals surface area contributed by atoms with E-state index in [0.29, 0.717) is 5.39 Å². The minimum atomic E-state index is -0.132. The number of hydrogen-bond acceptors (Lipinski definition) is 2. The molecule has 0 aliphatic rings. The first kappa shape index (κ1) is 12.6. The van der Waals surface area contributed by atoms with Gasteiger partial charge in [0.15, 0.2) is 0 Å². The zero-order valence-corrected chi connectivity index (χ0v) is 11.4. The number of H-pyrrole nitrogens is 1. The molecule has 3 heteroatoms. The predicted octanol–water partition coefficient (Wildman–Crippen LogP) is 3.02. The molecule has 1 aromatic heterocycles. The Labute approximate surface area is 117 Å². The van der Waals surface area contributed by atoms with Crippen LogP contribution >= 0.6 is 0 Å². The number of aryl methyl sites for hydroxylation is 3. The molecule has 0 fully saturated rings. The van der Waals surface area contributed by atoms with Gasteiger partial charge < -0.3 is 0 Å². The third-order valence-electron chi connectivity index (χ3n) is 3.55. The van der Waals surface area contributed by atoms with E-state index in [9.17, 15) is 4.79 Å². The minimum Gasteiger partial charge on any atom is -0.267 e. The van der Waals surface area contributed by atoms with Crippen molar-refractivity contribution in [2.45, 2.75) is 19.8 Å². The first-order chi connectivity index (χ1) is 9.72. The fourth-order valence-electron chi connectivity index (χ4n) is 2.35.